The van der Waals surface area contributed by atoms with Gasteiger partial charge in [-0.3, -0.25) is 0 Å². The van der Waals surface area contributed by atoms with Gasteiger partial charge in [0, 0.05) is 30.9 Å². The zero-order valence-electron chi connectivity index (χ0n) is 29.1. The highest BCUT2D eigenvalue weighted by Gasteiger charge is 2.20. The molecule has 0 N–H and O–H groups in total. The van der Waals surface area contributed by atoms with Gasteiger partial charge in [0.25, 0.3) is 0 Å². The predicted molar refractivity (Wildman–Crippen MR) is 239 cm³/mol. The van der Waals surface area contributed by atoms with Crippen molar-refractivity contribution in [3.05, 3.63) is 182 Å². The summed E-state index contributed by atoms with van der Waals surface area (Å²) in [5.74, 6) is 0. The molecule has 10 aromatic carbocycles. The van der Waals surface area contributed by atoms with Crippen LogP contribution in [0.2, 0.25) is 0 Å². The fraction of sp³-hybridized carbons (Fsp3) is 0. The molecule has 12 rings (SSSR count). The van der Waals surface area contributed by atoms with E-state index in [0.29, 0.717) is 0 Å². The van der Waals surface area contributed by atoms with Crippen molar-refractivity contribution >= 4 is 106 Å². The summed E-state index contributed by atoms with van der Waals surface area (Å²) in [5, 5.41) is 15.8. The standard InChI is InChI=1S/C52H30S2/c1-2-12-34-29-36(26-23-31(34)11-1)48-39-15-5-3-13-37(39)47(38-14-4-6-16-40(38)48)33-24-21-32(22-25-33)35-27-28-46-44(30-35)50-42-18-8-7-17-41(42)49-43-19-9-10-20-45(43)53-51(49)52(50)54-46/h1-30H. The maximum atomic E-state index is 2.43. The first-order valence-electron chi connectivity index (χ1n) is 18.5. The highest BCUT2D eigenvalue weighted by Crippen LogP contribution is 2.50. The van der Waals surface area contributed by atoms with E-state index in [9.17, 15) is 0 Å². The van der Waals surface area contributed by atoms with Crippen molar-refractivity contribution < 1.29 is 0 Å². The molecule has 0 amide bonds. The third-order valence-corrected chi connectivity index (χ3v) is 13.9. The number of rotatable bonds is 3. The number of thiophene rings is 2. The van der Waals surface area contributed by atoms with Gasteiger partial charge < -0.3 is 0 Å². The molecule has 0 radical (unpaired) electrons. The van der Waals surface area contributed by atoms with E-state index in [1.165, 1.54) is 117 Å². The number of hydrogen-bond acceptors (Lipinski definition) is 2. The number of fused-ring (bicyclic) bond motifs is 13. The summed E-state index contributed by atoms with van der Waals surface area (Å²) >= 11 is 3.87. The van der Waals surface area contributed by atoms with Crippen LogP contribution in [-0.4, -0.2) is 0 Å². The molecule has 0 saturated heterocycles. The van der Waals surface area contributed by atoms with Crippen molar-refractivity contribution in [2.24, 2.45) is 0 Å². The van der Waals surface area contributed by atoms with E-state index < -0.39 is 0 Å². The molecule has 0 saturated carbocycles. The van der Waals surface area contributed by atoms with E-state index in [2.05, 4.69) is 182 Å². The van der Waals surface area contributed by atoms with Crippen molar-refractivity contribution in [3.63, 3.8) is 0 Å². The van der Waals surface area contributed by atoms with Gasteiger partial charge in [-0.1, -0.05) is 158 Å². The van der Waals surface area contributed by atoms with Crippen LogP contribution in [0.1, 0.15) is 0 Å². The highest BCUT2D eigenvalue weighted by atomic mass is 32.1. The van der Waals surface area contributed by atoms with Crippen LogP contribution in [0.4, 0.5) is 0 Å². The molecule has 2 aromatic heterocycles. The quantitative estimate of drug-likeness (QED) is 0.160. The average Bonchev–Trinajstić information content (AvgIpc) is 3.82. The second kappa shape index (κ2) is 11.6. The largest absolute Gasteiger partial charge is 0.134 e. The van der Waals surface area contributed by atoms with Crippen molar-refractivity contribution in [2.75, 3.05) is 0 Å². The Bertz CT molecular complexity index is 3430. The summed E-state index contributed by atoms with van der Waals surface area (Å²) in [6, 6.07) is 67.6. The fourth-order valence-electron chi connectivity index (χ4n) is 9.02. The first kappa shape index (κ1) is 30.2. The van der Waals surface area contributed by atoms with Crippen molar-refractivity contribution in [2.45, 2.75) is 0 Å². The van der Waals surface area contributed by atoms with Gasteiger partial charge in [-0.15, -0.1) is 22.7 Å². The lowest BCUT2D eigenvalue weighted by Crippen LogP contribution is -1.91. The van der Waals surface area contributed by atoms with Gasteiger partial charge in [0.15, 0.2) is 0 Å². The summed E-state index contributed by atoms with van der Waals surface area (Å²) < 4.78 is 5.50. The van der Waals surface area contributed by atoms with Gasteiger partial charge in [0.05, 0.1) is 9.40 Å². The molecule has 0 aliphatic heterocycles. The molecule has 54 heavy (non-hydrogen) atoms. The van der Waals surface area contributed by atoms with E-state index in [4.69, 9.17) is 0 Å². The van der Waals surface area contributed by atoms with E-state index in [1.54, 1.807) is 0 Å². The number of hydrogen-bond donors (Lipinski definition) is 0. The first-order valence-corrected chi connectivity index (χ1v) is 20.1. The van der Waals surface area contributed by atoms with Gasteiger partial charge in [-0.2, -0.15) is 0 Å². The van der Waals surface area contributed by atoms with E-state index in [1.807, 2.05) is 22.7 Å². The molecule has 2 heteroatoms. The molecule has 0 aliphatic rings. The Morgan fingerprint density at radius 2 is 0.704 bits per heavy atom. The summed E-state index contributed by atoms with van der Waals surface area (Å²) in [7, 11) is 0. The Morgan fingerprint density at radius 3 is 1.35 bits per heavy atom. The van der Waals surface area contributed by atoms with Crippen LogP contribution in [0.3, 0.4) is 0 Å². The van der Waals surface area contributed by atoms with E-state index >= 15 is 0 Å². The second-order valence-corrected chi connectivity index (χ2v) is 16.4. The van der Waals surface area contributed by atoms with Crippen molar-refractivity contribution in [1.29, 1.82) is 0 Å². The summed E-state index contributed by atoms with van der Waals surface area (Å²) in [5.41, 5.74) is 7.54. The van der Waals surface area contributed by atoms with E-state index in [0.717, 1.165) is 0 Å². The van der Waals surface area contributed by atoms with Crippen LogP contribution in [-0.2, 0) is 0 Å². The Morgan fingerprint density at radius 1 is 0.259 bits per heavy atom. The van der Waals surface area contributed by atoms with Crippen molar-refractivity contribution in [3.8, 4) is 33.4 Å². The smallest absolute Gasteiger partial charge is 0.0540 e. The molecule has 2 heterocycles. The van der Waals surface area contributed by atoms with Gasteiger partial charge in [0.1, 0.15) is 0 Å². The second-order valence-electron chi connectivity index (χ2n) is 14.3. The molecular formula is C52H30S2. The molecule has 0 fully saturated rings. The molecule has 0 spiro atoms. The minimum atomic E-state index is 1.23. The van der Waals surface area contributed by atoms with Gasteiger partial charge in [-0.05, 0) is 101 Å². The SMILES string of the molecule is c1ccc2cc(-c3c4ccccc4c(-c4ccc(-c5ccc6sc7c8sc9ccccc9c8c8ccccc8c7c6c5)cc4)c4ccccc34)ccc2c1. The third-order valence-electron chi connectivity index (χ3n) is 11.4. The molecule has 12 aromatic rings. The molecule has 0 nitrogen and oxygen atoms in total. The third kappa shape index (κ3) is 4.36. The van der Waals surface area contributed by atoms with Crippen LogP contribution in [0, 0.1) is 0 Å². The maximum Gasteiger partial charge on any atom is 0.0540 e. The Balaban J connectivity index is 1.03. The maximum absolute atomic E-state index is 2.43. The van der Waals surface area contributed by atoms with Gasteiger partial charge >= 0.3 is 0 Å². The van der Waals surface area contributed by atoms with Crippen LogP contribution in [0.25, 0.3) is 117 Å². The molecule has 250 valence electrons. The van der Waals surface area contributed by atoms with E-state index in [-0.39, 0.29) is 0 Å². The Kier molecular flexibility index (Phi) is 6.48. The lowest BCUT2D eigenvalue weighted by molar-refractivity contribution is 1.63. The average molecular weight is 719 g/mol. The van der Waals surface area contributed by atoms with Gasteiger partial charge in [0.2, 0.25) is 0 Å². The molecule has 0 bridgehead atoms. The lowest BCUT2D eigenvalue weighted by atomic mass is 9.85. The molecule has 0 aliphatic carbocycles. The summed E-state index contributed by atoms with van der Waals surface area (Å²) in [6.45, 7) is 0. The lowest BCUT2D eigenvalue weighted by Gasteiger charge is -2.18. The predicted octanol–water partition coefficient (Wildman–Crippen LogP) is 16.0. The van der Waals surface area contributed by atoms with Gasteiger partial charge in [-0.25, -0.2) is 0 Å². The van der Waals surface area contributed by atoms with Crippen LogP contribution < -0.4 is 0 Å². The van der Waals surface area contributed by atoms with Crippen LogP contribution in [0.15, 0.2) is 182 Å². The summed E-state index contributed by atoms with van der Waals surface area (Å²) in [6.07, 6.45) is 0. The fourth-order valence-corrected chi connectivity index (χ4v) is 11.6. The monoisotopic (exact) mass is 718 g/mol. The zero-order chi connectivity index (χ0) is 35.3. The summed E-state index contributed by atoms with van der Waals surface area (Å²) in [4.78, 5) is 0. The number of benzene rings is 10. The molecule has 0 unspecified atom stereocenters. The topological polar surface area (TPSA) is 0 Å². The Labute approximate surface area is 319 Å². The normalized spacial score (nSPS) is 12.1. The van der Waals surface area contributed by atoms with Crippen LogP contribution in [0.5, 0.6) is 0 Å². The minimum absolute atomic E-state index is 1.23. The van der Waals surface area contributed by atoms with Crippen LogP contribution >= 0.6 is 22.7 Å². The zero-order valence-corrected chi connectivity index (χ0v) is 30.8. The molecular weight excluding hydrogens is 689 g/mol. The highest BCUT2D eigenvalue weighted by molar-refractivity contribution is 7.33. The first-order chi connectivity index (χ1) is 26.8. The van der Waals surface area contributed by atoms with Crippen molar-refractivity contribution in [1.82, 2.24) is 0 Å². The Hall–Kier alpha value is -6.32. The minimum Gasteiger partial charge on any atom is -0.134 e. The molecule has 0 atom stereocenters.